The van der Waals surface area contributed by atoms with E-state index in [0.29, 0.717) is 18.2 Å². The maximum absolute atomic E-state index is 12.6. The minimum Gasteiger partial charge on any atom is -0.496 e. The Morgan fingerprint density at radius 3 is 2.69 bits per heavy atom. The fraction of sp³-hybridized carbons (Fsp3) is 0.182. The number of fused-ring (bicyclic) bond motifs is 1. The molecule has 0 unspecified atom stereocenters. The third-order valence-corrected chi connectivity index (χ3v) is 5.52. The molecule has 0 amide bonds. The molecule has 0 saturated heterocycles. The summed E-state index contributed by atoms with van der Waals surface area (Å²) < 4.78 is 9.25. The zero-order chi connectivity index (χ0) is 22.8. The van der Waals surface area contributed by atoms with Crippen molar-refractivity contribution in [1.82, 2.24) is 19.1 Å². The number of nitrogens with one attached hydrogen (secondary N) is 2. The number of halogens is 1. The van der Waals surface area contributed by atoms with E-state index in [4.69, 9.17) is 4.74 Å². The number of aromatic nitrogens is 4. The molecule has 0 spiro atoms. The minimum absolute atomic E-state index is 0.267. The standard InChI is InChI=1S/C22H21BrN6O3/c1-13-4-6-14(7-5-13)12-29-18-19(28(2)22(31)26-20(18)30)25-21(29)27-24-11-15-10-16(23)8-9-17(15)32-3/h4-11H,12H2,1-3H3,(H,25,27)(H,26,30,31). The number of nitrogens with zero attached hydrogens (tertiary/aromatic N) is 4. The van der Waals surface area contributed by atoms with Crippen LogP contribution < -0.4 is 21.4 Å². The van der Waals surface area contributed by atoms with E-state index < -0.39 is 11.2 Å². The number of aryl methyl sites for hydroxylation is 2. The molecule has 2 heterocycles. The van der Waals surface area contributed by atoms with Crippen LogP contribution in [0.15, 0.2) is 61.6 Å². The molecule has 10 heteroatoms. The van der Waals surface area contributed by atoms with Crippen molar-refractivity contribution in [2.24, 2.45) is 12.1 Å². The number of anilines is 1. The Hall–Kier alpha value is -3.66. The Morgan fingerprint density at radius 1 is 1.22 bits per heavy atom. The molecule has 4 rings (SSSR count). The average molecular weight is 497 g/mol. The van der Waals surface area contributed by atoms with E-state index in [9.17, 15) is 9.59 Å². The van der Waals surface area contributed by atoms with Crippen molar-refractivity contribution in [1.29, 1.82) is 0 Å². The van der Waals surface area contributed by atoms with Crippen LogP contribution in [0.2, 0.25) is 0 Å². The van der Waals surface area contributed by atoms with Gasteiger partial charge in [0.05, 0.1) is 19.9 Å². The average Bonchev–Trinajstić information content (AvgIpc) is 3.13. The number of aromatic amines is 1. The normalized spacial score (nSPS) is 11.4. The number of hydrazone groups is 1. The molecule has 0 fully saturated rings. The number of benzene rings is 2. The minimum atomic E-state index is -0.531. The van der Waals surface area contributed by atoms with Crippen LogP contribution in [0.25, 0.3) is 11.2 Å². The molecule has 0 saturated carbocycles. The zero-order valence-electron chi connectivity index (χ0n) is 17.7. The van der Waals surface area contributed by atoms with Crippen molar-refractivity contribution in [2.45, 2.75) is 13.5 Å². The summed E-state index contributed by atoms with van der Waals surface area (Å²) in [5.74, 6) is 0.989. The molecule has 0 aliphatic carbocycles. The molecule has 0 radical (unpaired) electrons. The summed E-state index contributed by atoms with van der Waals surface area (Å²) in [4.78, 5) is 31.5. The van der Waals surface area contributed by atoms with E-state index >= 15 is 0 Å². The Kier molecular flexibility index (Phi) is 5.95. The highest BCUT2D eigenvalue weighted by Gasteiger charge is 2.17. The van der Waals surface area contributed by atoms with Crippen LogP contribution in [0.1, 0.15) is 16.7 Å². The Labute approximate surface area is 191 Å². The van der Waals surface area contributed by atoms with Crippen molar-refractivity contribution in [3.63, 3.8) is 0 Å². The quantitative estimate of drug-likeness (QED) is 0.315. The smallest absolute Gasteiger partial charge is 0.329 e. The number of hydrogen-bond donors (Lipinski definition) is 2. The van der Waals surface area contributed by atoms with E-state index in [1.165, 1.54) is 4.57 Å². The van der Waals surface area contributed by atoms with Gasteiger partial charge in [-0.3, -0.25) is 18.9 Å². The summed E-state index contributed by atoms with van der Waals surface area (Å²) in [6.07, 6.45) is 1.60. The first-order valence-corrected chi connectivity index (χ1v) is 10.5. The third-order valence-electron chi connectivity index (χ3n) is 5.03. The molecule has 0 atom stereocenters. The lowest BCUT2D eigenvalue weighted by molar-refractivity contribution is 0.414. The molecule has 0 bridgehead atoms. The van der Waals surface area contributed by atoms with Crippen LogP contribution in [0.4, 0.5) is 5.95 Å². The predicted molar refractivity (Wildman–Crippen MR) is 128 cm³/mol. The molecule has 9 nitrogen and oxygen atoms in total. The molecule has 4 aromatic rings. The summed E-state index contributed by atoms with van der Waals surface area (Å²) in [6, 6.07) is 13.5. The summed E-state index contributed by atoms with van der Waals surface area (Å²) in [6.45, 7) is 2.38. The van der Waals surface area contributed by atoms with Gasteiger partial charge < -0.3 is 4.74 Å². The van der Waals surface area contributed by atoms with Crippen molar-refractivity contribution < 1.29 is 4.74 Å². The molecular formula is C22H21BrN6O3. The lowest BCUT2D eigenvalue weighted by Crippen LogP contribution is -2.29. The van der Waals surface area contributed by atoms with E-state index in [0.717, 1.165) is 21.2 Å². The van der Waals surface area contributed by atoms with E-state index in [1.54, 1.807) is 24.9 Å². The highest BCUT2D eigenvalue weighted by molar-refractivity contribution is 9.10. The summed E-state index contributed by atoms with van der Waals surface area (Å²) in [5.41, 5.74) is 5.28. The molecule has 2 aromatic heterocycles. The lowest BCUT2D eigenvalue weighted by Gasteiger charge is -2.09. The Bertz CT molecular complexity index is 1430. The van der Waals surface area contributed by atoms with Crippen LogP contribution in [-0.2, 0) is 13.6 Å². The first-order valence-electron chi connectivity index (χ1n) is 9.75. The number of rotatable bonds is 6. The molecular weight excluding hydrogens is 476 g/mol. The topological polar surface area (TPSA) is 106 Å². The van der Waals surface area contributed by atoms with Gasteiger partial charge in [0, 0.05) is 17.1 Å². The van der Waals surface area contributed by atoms with Crippen LogP contribution in [0, 0.1) is 6.92 Å². The van der Waals surface area contributed by atoms with Gasteiger partial charge >= 0.3 is 5.69 Å². The van der Waals surface area contributed by atoms with E-state index in [1.807, 2.05) is 49.4 Å². The number of ether oxygens (including phenoxy) is 1. The second-order valence-corrected chi connectivity index (χ2v) is 8.17. The van der Waals surface area contributed by atoms with E-state index in [-0.39, 0.29) is 11.2 Å². The maximum atomic E-state index is 12.6. The van der Waals surface area contributed by atoms with Gasteiger partial charge in [-0.05, 0) is 30.7 Å². The van der Waals surface area contributed by atoms with Crippen LogP contribution in [-0.4, -0.2) is 32.4 Å². The zero-order valence-corrected chi connectivity index (χ0v) is 19.3. The van der Waals surface area contributed by atoms with Crippen molar-refractivity contribution in [2.75, 3.05) is 12.5 Å². The predicted octanol–water partition coefficient (Wildman–Crippen LogP) is 3.00. The van der Waals surface area contributed by atoms with Gasteiger partial charge in [-0.15, -0.1) is 0 Å². The first kappa shape index (κ1) is 21.6. The van der Waals surface area contributed by atoms with Gasteiger partial charge in [-0.2, -0.15) is 10.1 Å². The second kappa shape index (κ2) is 8.83. The lowest BCUT2D eigenvalue weighted by atomic mass is 10.1. The van der Waals surface area contributed by atoms with Gasteiger partial charge in [-0.25, -0.2) is 10.2 Å². The van der Waals surface area contributed by atoms with Gasteiger partial charge in [0.25, 0.3) is 5.56 Å². The summed E-state index contributed by atoms with van der Waals surface area (Å²) in [7, 11) is 3.14. The van der Waals surface area contributed by atoms with Crippen molar-refractivity contribution in [3.05, 3.63) is 84.5 Å². The van der Waals surface area contributed by atoms with Crippen LogP contribution >= 0.6 is 15.9 Å². The molecule has 32 heavy (non-hydrogen) atoms. The van der Waals surface area contributed by atoms with Gasteiger partial charge in [0.1, 0.15) is 5.75 Å². The number of hydrogen-bond acceptors (Lipinski definition) is 6. The fourth-order valence-electron chi connectivity index (χ4n) is 3.32. The highest BCUT2D eigenvalue weighted by Crippen LogP contribution is 2.22. The van der Waals surface area contributed by atoms with Gasteiger partial charge in [0.15, 0.2) is 11.2 Å². The highest BCUT2D eigenvalue weighted by atomic mass is 79.9. The number of imidazole rings is 1. The van der Waals surface area contributed by atoms with Crippen molar-refractivity contribution >= 4 is 39.3 Å². The Morgan fingerprint density at radius 2 is 1.97 bits per heavy atom. The molecule has 0 aliphatic rings. The monoisotopic (exact) mass is 496 g/mol. The SMILES string of the molecule is COc1ccc(Br)cc1C=NNc1nc2c(c(=O)[nH]c(=O)n2C)n1Cc1ccc(C)cc1. The molecule has 2 N–H and O–H groups in total. The summed E-state index contributed by atoms with van der Waals surface area (Å²) >= 11 is 3.44. The maximum Gasteiger partial charge on any atom is 0.329 e. The largest absolute Gasteiger partial charge is 0.496 e. The summed E-state index contributed by atoms with van der Waals surface area (Å²) in [5, 5.41) is 4.30. The van der Waals surface area contributed by atoms with E-state index in [2.05, 4.69) is 36.4 Å². The van der Waals surface area contributed by atoms with Gasteiger partial charge in [0.2, 0.25) is 5.95 Å². The van der Waals surface area contributed by atoms with Gasteiger partial charge in [-0.1, -0.05) is 45.8 Å². The number of methoxy groups -OCH3 is 1. The third kappa shape index (κ3) is 4.22. The number of H-pyrrole nitrogens is 1. The molecule has 2 aromatic carbocycles. The second-order valence-electron chi connectivity index (χ2n) is 7.25. The van der Waals surface area contributed by atoms with Crippen molar-refractivity contribution in [3.8, 4) is 5.75 Å². The van der Waals surface area contributed by atoms with Crippen LogP contribution in [0.3, 0.4) is 0 Å². The molecule has 164 valence electrons. The first-order chi connectivity index (χ1) is 15.4. The Balaban J connectivity index is 1.78. The van der Waals surface area contributed by atoms with Crippen LogP contribution in [0.5, 0.6) is 5.75 Å². The molecule has 0 aliphatic heterocycles. The fourth-order valence-corrected chi connectivity index (χ4v) is 3.69.